The molecule has 0 unspecified atom stereocenters. The maximum Gasteiger partial charge on any atom is 0.341 e. The highest BCUT2D eigenvalue weighted by Crippen LogP contribution is 2.42. The number of anilines is 1. The molecule has 5 heteroatoms. The summed E-state index contributed by atoms with van der Waals surface area (Å²) in [7, 11) is 1.33. The average Bonchev–Trinajstić information content (AvgIpc) is 3.19. The Hall–Kier alpha value is -2.82. The predicted molar refractivity (Wildman–Crippen MR) is 114 cm³/mol. The molecular weight excluding hydrogens is 366 g/mol. The fourth-order valence-electron chi connectivity index (χ4n) is 4.05. The number of aryl methyl sites for hydroxylation is 1. The first kappa shape index (κ1) is 20.9. The van der Waals surface area contributed by atoms with Crippen LogP contribution in [0, 0.1) is 6.92 Å². The molecule has 154 valence electrons. The van der Waals surface area contributed by atoms with Crippen LogP contribution in [0.3, 0.4) is 0 Å². The largest absolute Gasteiger partial charge is 0.490 e. The van der Waals surface area contributed by atoms with Crippen molar-refractivity contribution < 1.29 is 19.1 Å². The summed E-state index contributed by atoms with van der Waals surface area (Å²) in [5.41, 5.74) is 2.52. The van der Waals surface area contributed by atoms with Gasteiger partial charge in [0.05, 0.1) is 18.6 Å². The maximum atomic E-state index is 13.4. The monoisotopic (exact) mass is 395 g/mol. The van der Waals surface area contributed by atoms with Gasteiger partial charge in [-0.25, -0.2) is 4.79 Å². The fourth-order valence-corrected chi connectivity index (χ4v) is 4.05. The van der Waals surface area contributed by atoms with Gasteiger partial charge in [0.1, 0.15) is 11.3 Å². The van der Waals surface area contributed by atoms with Crippen molar-refractivity contribution in [3.8, 4) is 5.75 Å². The first-order valence-corrected chi connectivity index (χ1v) is 10.1. The highest BCUT2D eigenvalue weighted by molar-refractivity contribution is 6.01. The lowest BCUT2D eigenvalue weighted by Gasteiger charge is -2.29. The van der Waals surface area contributed by atoms with Crippen molar-refractivity contribution >= 4 is 17.6 Å². The van der Waals surface area contributed by atoms with Gasteiger partial charge in [-0.2, -0.15) is 0 Å². The third-order valence-corrected chi connectivity index (χ3v) is 5.47. The SMILES string of the molecule is COC(=O)c1cc(NC(=O)C2(c3cccc(C)c3)CCCC2)ccc1OC(C)C. The van der Waals surface area contributed by atoms with Crippen LogP contribution in [0.1, 0.15) is 61.0 Å². The summed E-state index contributed by atoms with van der Waals surface area (Å²) in [5.74, 6) is -0.0842. The van der Waals surface area contributed by atoms with Crippen molar-refractivity contribution in [1.29, 1.82) is 0 Å². The molecule has 0 radical (unpaired) electrons. The molecule has 2 aromatic carbocycles. The number of rotatable bonds is 6. The van der Waals surface area contributed by atoms with E-state index in [2.05, 4.69) is 11.4 Å². The van der Waals surface area contributed by atoms with E-state index in [1.807, 2.05) is 39.0 Å². The van der Waals surface area contributed by atoms with Crippen LogP contribution in [0.4, 0.5) is 5.69 Å². The number of hydrogen-bond acceptors (Lipinski definition) is 4. The Bertz CT molecular complexity index is 898. The second-order valence-electron chi connectivity index (χ2n) is 7.98. The zero-order valence-corrected chi connectivity index (χ0v) is 17.6. The Kier molecular flexibility index (Phi) is 6.26. The summed E-state index contributed by atoms with van der Waals surface area (Å²) in [6.07, 6.45) is 3.61. The predicted octanol–water partition coefficient (Wildman–Crippen LogP) is 5.02. The normalized spacial score (nSPS) is 15.2. The van der Waals surface area contributed by atoms with Crippen molar-refractivity contribution in [3.05, 3.63) is 59.2 Å². The van der Waals surface area contributed by atoms with Crippen molar-refractivity contribution in [3.63, 3.8) is 0 Å². The van der Waals surface area contributed by atoms with Crippen molar-refractivity contribution in [1.82, 2.24) is 0 Å². The van der Waals surface area contributed by atoms with Gasteiger partial charge in [-0.15, -0.1) is 0 Å². The Labute approximate surface area is 172 Å². The molecule has 1 N–H and O–H groups in total. The molecule has 0 aromatic heterocycles. The highest BCUT2D eigenvalue weighted by atomic mass is 16.5. The molecular formula is C24H29NO4. The average molecular weight is 395 g/mol. The smallest absolute Gasteiger partial charge is 0.341 e. The van der Waals surface area contributed by atoms with Gasteiger partial charge in [0.25, 0.3) is 0 Å². The lowest BCUT2D eigenvalue weighted by atomic mass is 9.77. The summed E-state index contributed by atoms with van der Waals surface area (Å²) in [6, 6.07) is 13.3. The number of benzene rings is 2. The molecule has 2 aromatic rings. The number of nitrogens with one attached hydrogen (secondary N) is 1. The van der Waals surface area contributed by atoms with Crippen LogP contribution >= 0.6 is 0 Å². The number of esters is 1. The fraction of sp³-hybridized carbons (Fsp3) is 0.417. The van der Waals surface area contributed by atoms with E-state index >= 15 is 0 Å². The van der Waals surface area contributed by atoms with Crippen molar-refractivity contribution in [2.75, 3.05) is 12.4 Å². The summed E-state index contributed by atoms with van der Waals surface area (Å²) in [5, 5.41) is 3.04. The van der Waals surface area contributed by atoms with Crippen molar-refractivity contribution in [2.45, 2.75) is 58.0 Å². The topological polar surface area (TPSA) is 64.6 Å². The van der Waals surface area contributed by atoms with Gasteiger partial charge in [-0.1, -0.05) is 42.7 Å². The second-order valence-corrected chi connectivity index (χ2v) is 7.98. The van der Waals surface area contributed by atoms with Gasteiger partial charge < -0.3 is 14.8 Å². The molecule has 0 atom stereocenters. The van der Waals surface area contributed by atoms with Gasteiger partial charge in [-0.05, 0) is 57.4 Å². The molecule has 0 spiro atoms. The third kappa shape index (κ3) is 4.44. The second kappa shape index (κ2) is 8.68. The summed E-state index contributed by atoms with van der Waals surface area (Å²) in [6.45, 7) is 5.82. The number of methoxy groups -OCH3 is 1. The third-order valence-electron chi connectivity index (χ3n) is 5.47. The molecule has 3 rings (SSSR count). The summed E-state index contributed by atoms with van der Waals surface area (Å²) in [4.78, 5) is 25.6. The maximum absolute atomic E-state index is 13.4. The van der Waals surface area contributed by atoms with E-state index in [0.717, 1.165) is 36.8 Å². The Balaban J connectivity index is 1.91. The molecule has 1 saturated carbocycles. The van der Waals surface area contributed by atoms with Crippen LogP contribution in [0.5, 0.6) is 5.75 Å². The van der Waals surface area contributed by atoms with Gasteiger partial charge in [0.15, 0.2) is 0 Å². The van der Waals surface area contributed by atoms with E-state index in [1.54, 1.807) is 18.2 Å². The minimum absolute atomic E-state index is 0.0334. The van der Waals surface area contributed by atoms with Gasteiger partial charge in [0.2, 0.25) is 5.91 Å². The molecule has 0 heterocycles. The summed E-state index contributed by atoms with van der Waals surface area (Å²) >= 11 is 0. The van der Waals surface area contributed by atoms with Gasteiger partial charge in [-0.3, -0.25) is 4.79 Å². The van der Waals surface area contributed by atoms with E-state index in [0.29, 0.717) is 17.0 Å². The Morgan fingerprint density at radius 3 is 2.41 bits per heavy atom. The van der Waals surface area contributed by atoms with E-state index < -0.39 is 11.4 Å². The first-order valence-electron chi connectivity index (χ1n) is 10.1. The van der Waals surface area contributed by atoms with Crippen LogP contribution in [0.15, 0.2) is 42.5 Å². The lowest BCUT2D eigenvalue weighted by molar-refractivity contribution is -0.121. The van der Waals surface area contributed by atoms with Crippen LogP contribution in [0.25, 0.3) is 0 Å². The van der Waals surface area contributed by atoms with Gasteiger partial charge >= 0.3 is 5.97 Å². The molecule has 29 heavy (non-hydrogen) atoms. The number of hydrogen-bond donors (Lipinski definition) is 1. The zero-order valence-electron chi connectivity index (χ0n) is 17.6. The molecule has 1 aliphatic rings. The van der Waals surface area contributed by atoms with Crippen LogP contribution in [-0.4, -0.2) is 25.1 Å². The van der Waals surface area contributed by atoms with E-state index in [9.17, 15) is 9.59 Å². The first-order chi connectivity index (χ1) is 13.9. The van der Waals surface area contributed by atoms with Crippen LogP contribution < -0.4 is 10.1 Å². The Morgan fingerprint density at radius 1 is 1.07 bits per heavy atom. The number of amides is 1. The van der Waals surface area contributed by atoms with Crippen LogP contribution in [0.2, 0.25) is 0 Å². The van der Waals surface area contributed by atoms with Crippen molar-refractivity contribution in [2.24, 2.45) is 0 Å². The minimum Gasteiger partial charge on any atom is -0.490 e. The highest BCUT2D eigenvalue weighted by Gasteiger charge is 2.42. The molecule has 1 fully saturated rings. The number of ether oxygens (including phenoxy) is 2. The standard InChI is InChI=1S/C24H29NO4/c1-16(2)29-21-11-10-19(15-20(21)22(26)28-4)25-23(27)24(12-5-6-13-24)18-9-7-8-17(3)14-18/h7-11,14-16H,5-6,12-13H2,1-4H3,(H,25,27). The zero-order chi connectivity index (χ0) is 21.0. The molecule has 0 bridgehead atoms. The summed E-state index contributed by atoms with van der Waals surface area (Å²) < 4.78 is 10.6. The minimum atomic E-state index is -0.537. The van der Waals surface area contributed by atoms with Gasteiger partial charge in [0, 0.05) is 5.69 Å². The number of carbonyl (C=O) groups excluding carboxylic acids is 2. The molecule has 0 aliphatic heterocycles. The molecule has 0 saturated heterocycles. The van der Waals surface area contributed by atoms with E-state index in [-0.39, 0.29) is 12.0 Å². The van der Waals surface area contributed by atoms with E-state index in [4.69, 9.17) is 9.47 Å². The quantitative estimate of drug-likeness (QED) is 0.698. The van der Waals surface area contributed by atoms with E-state index in [1.165, 1.54) is 7.11 Å². The van der Waals surface area contributed by atoms with Crippen LogP contribution in [-0.2, 0) is 14.9 Å². The molecule has 5 nitrogen and oxygen atoms in total. The number of carbonyl (C=O) groups is 2. The Morgan fingerprint density at radius 2 is 1.79 bits per heavy atom. The molecule has 1 amide bonds. The molecule has 1 aliphatic carbocycles. The lowest BCUT2D eigenvalue weighted by Crippen LogP contribution is -2.38.